The molecule has 1 unspecified atom stereocenters. The minimum atomic E-state index is -0.795. The van der Waals surface area contributed by atoms with Gasteiger partial charge in [-0.25, -0.2) is 9.59 Å². The van der Waals surface area contributed by atoms with E-state index in [0.29, 0.717) is 6.42 Å². The van der Waals surface area contributed by atoms with Crippen LogP contribution >= 0.6 is 0 Å². The van der Waals surface area contributed by atoms with Crippen molar-refractivity contribution in [2.45, 2.75) is 30.8 Å². The number of aromatic nitrogens is 1. The van der Waals surface area contributed by atoms with Gasteiger partial charge < -0.3 is 24.7 Å². The van der Waals surface area contributed by atoms with E-state index in [-0.39, 0.29) is 31.4 Å². The number of carbonyl (C=O) groups is 3. The molecule has 8 nitrogen and oxygen atoms in total. The fraction of sp³-hybridized carbons (Fsp3) is 0.258. The lowest BCUT2D eigenvalue weighted by atomic mass is 9.98. The number of carbonyl (C=O) groups excluding carboxylic acids is 3. The van der Waals surface area contributed by atoms with E-state index < -0.39 is 24.1 Å². The summed E-state index contributed by atoms with van der Waals surface area (Å²) in [6.07, 6.45) is 1.67. The first-order valence-electron chi connectivity index (χ1n) is 13.1. The van der Waals surface area contributed by atoms with Gasteiger partial charge in [-0.15, -0.1) is 0 Å². The quantitative estimate of drug-likeness (QED) is 0.350. The zero-order chi connectivity index (χ0) is 26.9. The van der Waals surface area contributed by atoms with Gasteiger partial charge in [0.15, 0.2) is 0 Å². The second kappa shape index (κ2) is 10.3. The van der Waals surface area contributed by atoms with Gasteiger partial charge in [-0.05, 0) is 33.9 Å². The van der Waals surface area contributed by atoms with Crippen molar-refractivity contribution in [1.82, 2.24) is 15.2 Å². The smallest absolute Gasteiger partial charge is 0.407 e. The Kier molecular flexibility index (Phi) is 6.52. The van der Waals surface area contributed by atoms with Crippen LogP contribution in [0.2, 0.25) is 0 Å². The maximum Gasteiger partial charge on any atom is 0.407 e. The molecule has 2 amide bonds. The van der Waals surface area contributed by atoms with Gasteiger partial charge >= 0.3 is 12.1 Å². The highest BCUT2D eigenvalue weighted by Gasteiger charge is 2.39. The summed E-state index contributed by atoms with van der Waals surface area (Å²) in [6, 6.07) is 22.8. The maximum atomic E-state index is 13.0. The molecule has 0 radical (unpaired) electrons. The Bertz CT molecular complexity index is 1520. The van der Waals surface area contributed by atoms with Gasteiger partial charge in [0.25, 0.3) is 0 Å². The lowest BCUT2D eigenvalue weighted by Gasteiger charge is -2.26. The molecule has 2 aliphatic rings. The van der Waals surface area contributed by atoms with E-state index in [1.807, 2.05) is 54.7 Å². The molecule has 1 aromatic heterocycles. The molecule has 8 heteroatoms. The van der Waals surface area contributed by atoms with Crippen LogP contribution in [-0.2, 0) is 25.5 Å². The zero-order valence-corrected chi connectivity index (χ0v) is 21.6. The summed E-state index contributed by atoms with van der Waals surface area (Å²) in [4.78, 5) is 43.2. The summed E-state index contributed by atoms with van der Waals surface area (Å²) in [5.41, 5.74) is 6.45. The second-order valence-corrected chi connectivity index (χ2v) is 10.0. The number of aromatic amines is 1. The first-order chi connectivity index (χ1) is 19.0. The van der Waals surface area contributed by atoms with Gasteiger partial charge in [0, 0.05) is 42.4 Å². The minimum absolute atomic E-state index is 0.0512. The van der Waals surface area contributed by atoms with Gasteiger partial charge in [0.1, 0.15) is 12.6 Å². The molecular weight excluding hydrogens is 494 g/mol. The number of hydrogen-bond acceptors (Lipinski definition) is 5. The minimum Gasteiger partial charge on any atom is -0.467 e. The van der Waals surface area contributed by atoms with E-state index in [2.05, 4.69) is 34.6 Å². The normalized spacial score (nSPS) is 17.1. The number of ether oxygens (including phenoxy) is 2. The summed E-state index contributed by atoms with van der Waals surface area (Å²) in [5, 5.41) is 3.82. The summed E-state index contributed by atoms with van der Waals surface area (Å²) < 4.78 is 10.7. The van der Waals surface area contributed by atoms with Crippen LogP contribution in [0.3, 0.4) is 0 Å². The topological polar surface area (TPSA) is 101 Å². The van der Waals surface area contributed by atoms with Gasteiger partial charge in [0.2, 0.25) is 5.91 Å². The van der Waals surface area contributed by atoms with E-state index in [9.17, 15) is 14.4 Å². The molecule has 4 aromatic rings. The summed E-state index contributed by atoms with van der Waals surface area (Å²) in [5.74, 6) is -0.755. The summed E-state index contributed by atoms with van der Waals surface area (Å²) in [7, 11) is 1.32. The Balaban J connectivity index is 1.11. The van der Waals surface area contributed by atoms with Crippen molar-refractivity contribution in [3.63, 3.8) is 0 Å². The molecule has 3 aromatic carbocycles. The lowest BCUT2D eigenvalue weighted by Crippen LogP contribution is -2.46. The highest BCUT2D eigenvalue weighted by Crippen LogP contribution is 2.44. The first kappa shape index (κ1) is 24.7. The van der Waals surface area contributed by atoms with Crippen molar-refractivity contribution in [2.75, 3.05) is 20.3 Å². The first-order valence-corrected chi connectivity index (χ1v) is 13.1. The van der Waals surface area contributed by atoms with E-state index in [1.165, 1.54) is 12.0 Å². The number of para-hydroxylation sites is 1. The highest BCUT2D eigenvalue weighted by molar-refractivity contribution is 5.89. The number of hydrogen-bond donors (Lipinski definition) is 2. The largest absolute Gasteiger partial charge is 0.467 e. The van der Waals surface area contributed by atoms with E-state index >= 15 is 0 Å². The predicted octanol–water partition coefficient (Wildman–Crippen LogP) is 4.39. The molecule has 2 heterocycles. The molecular formula is C31H29N3O5. The third kappa shape index (κ3) is 4.63. The molecule has 0 bridgehead atoms. The standard InChI is InChI=1S/C31H29N3O5/c1-38-30(36)28(14-19-16-32-27-13-7-6-8-21(19)27)34-17-20(15-29(34)35)33-31(37)39-18-26-24-11-4-2-9-22(24)23-10-3-5-12-25(23)26/h2-13,16,20,26,28,32H,14-15,17-18H2,1H3,(H,33,37)/t20-,28?/m0/s1. The van der Waals surface area contributed by atoms with E-state index in [1.54, 1.807) is 0 Å². The van der Waals surface area contributed by atoms with Crippen molar-refractivity contribution in [3.05, 3.63) is 95.7 Å². The molecule has 1 saturated heterocycles. The van der Waals surface area contributed by atoms with Gasteiger partial charge in [0.05, 0.1) is 13.2 Å². The number of nitrogens with one attached hydrogen (secondary N) is 2. The SMILES string of the molecule is COC(=O)C(Cc1c[nH]c2ccccc12)N1C[C@@H](NC(=O)OCC2c3ccccc3-c3ccccc32)CC1=O. The molecule has 198 valence electrons. The Morgan fingerprint density at radius 3 is 2.38 bits per heavy atom. The molecule has 0 spiro atoms. The number of H-pyrrole nitrogens is 1. The molecule has 39 heavy (non-hydrogen) atoms. The number of nitrogens with zero attached hydrogens (tertiary/aromatic N) is 1. The predicted molar refractivity (Wildman–Crippen MR) is 146 cm³/mol. The van der Waals surface area contributed by atoms with Crippen LogP contribution in [0.1, 0.15) is 29.0 Å². The third-order valence-electron chi connectivity index (χ3n) is 7.76. The van der Waals surface area contributed by atoms with Crippen LogP contribution in [-0.4, -0.2) is 60.2 Å². The second-order valence-electron chi connectivity index (χ2n) is 10.0. The van der Waals surface area contributed by atoms with Gasteiger partial charge in [-0.2, -0.15) is 0 Å². The molecule has 1 aliphatic heterocycles. The fourth-order valence-electron chi connectivity index (χ4n) is 5.90. The van der Waals surface area contributed by atoms with E-state index in [4.69, 9.17) is 9.47 Å². The average molecular weight is 524 g/mol. The van der Waals surface area contributed by atoms with Crippen molar-refractivity contribution >= 4 is 28.9 Å². The van der Waals surface area contributed by atoms with Crippen LogP contribution in [0, 0.1) is 0 Å². The Morgan fingerprint density at radius 2 is 1.67 bits per heavy atom. The number of fused-ring (bicyclic) bond motifs is 4. The van der Waals surface area contributed by atoms with E-state index in [0.717, 1.165) is 38.7 Å². The van der Waals surface area contributed by atoms with Crippen LogP contribution in [0.5, 0.6) is 0 Å². The summed E-state index contributed by atoms with van der Waals surface area (Å²) in [6.45, 7) is 0.390. The van der Waals surface area contributed by atoms with Crippen LogP contribution in [0.15, 0.2) is 79.0 Å². The number of alkyl carbamates (subject to hydrolysis) is 1. The van der Waals surface area contributed by atoms with Gasteiger partial charge in [-0.1, -0.05) is 66.7 Å². The Hall–Kier alpha value is -4.59. The number of benzene rings is 3. The fourth-order valence-corrected chi connectivity index (χ4v) is 5.90. The van der Waals surface area contributed by atoms with Crippen molar-refractivity contribution in [3.8, 4) is 11.1 Å². The number of amides is 2. The monoisotopic (exact) mass is 523 g/mol. The van der Waals surface area contributed by atoms with Crippen LogP contribution in [0.25, 0.3) is 22.0 Å². The molecule has 1 aliphatic carbocycles. The van der Waals surface area contributed by atoms with Gasteiger partial charge in [-0.3, -0.25) is 4.79 Å². The zero-order valence-electron chi connectivity index (χ0n) is 21.6. The number of methoxy groups -OCH3 is 1. The van der Waals surface area contributed by atoms with Crippen LogP contribution in [0.4, 0.5) is 4.79 Å². The molecule has 6 rings (SSSR count). The highest BCUT2D eigenvalue weighted by atomic mass is 16.5. The van der Waals surface area contributed by atoms with Crippen LogP contribution < -0.4 is 5.32 Å². The lowest BCUT2D eigenvalue weighted by molar-refractivity contribution is -0.151. The van der Waals surface area contributed by atoms with Crippen molar-refractivity contribution in [1.29, 1.82) is 0 Å². The number of rotatable bonds is 7. The van der Waals surface area contributed by atoms with Crippen molar-refractivity contribution < 1.29 is 23.9 Å². The summed E-state index contributed by atoms with van der Waals surface area (Å²) >= 11 is 0. The Labute approximate surface area is 225 Å². The molecule has 2 N–H and O–H groups in total. The number of likely N-dealkylation sites (tertiary alicyclic amines) is 1. The Morgan fingerprint density at radius 1 is 1.00 bits per heavy atom. The molecule has 0 saturated carbocycles. The maximum absolute atomic E-state index is 13.0. The third-order valence-corrected chi connectivity index (χ3v) is 7.76. The average Bonchev–Trinajstić information content (AvgIpc) is 3.63. The molecule has 1 fully saturated rings. The number of esters is 1. The van der Waals surface area contributed by atoms with Crippen molar-refractivity contribution in [2.24, 2.45) is 0 Å². The molecule has 2 atom stereocenters.